The first-order chi connectivity index (χ1) is 8.86. The fourth-order valence-electron chi connectivity index (χ4n) is 1.53. The Hall–Kier alpha value is -2.49. The van der Waals surface area contributed by atoms with E-state index in [4.69, 9.17) is 5.26 Å². The molecule has 1 aromatic carbocycles. The lowest BCUT2D eigenvalue weighted by atomic mass is 10.1. The van der Waals surface area contributed by atoms with Crippen LogP contribution in [0.3, 0.4) is 0 Å². The molecule has 0 aliphatic carbocycles. The highest BCUT2D eigenvalue weighted by Gasteiger charge is 2.20. The molecule has 1 unspecified atom stereocenters. The topological polar surface area (TPSA) is 87.2 Å². The molecule has 0 aromatic heterocycles. The Morgan fingerprint density at radius 1 is 1.63 bits per heavy atom. The fraction of sp³-hybridized carbons (Fsp3) is 0.333. The van der Waals surface area contributed by atoms with Crippen molar-refractivity contribution in [3.8, 4) is 6.07 Å². The van der Waals surface area contributed by atoms with Gasteiger partial charge in [-0.3, -0.25) is 14.9 Å². The van der Waals surface area contributed by atoms with E-state index in [0.29, 0.717) is 6.07 Å². The number of nitro benzene ring substituents is 1. The molecule has 0 fully saturated rings. The largest absolute Gasteiger partial charge is 0.340 e. The van der Waals surface area contributed by atoms with Gasteiger partial charge in [-0.15, -0.1) is 0 Å². The summed E-state index contributed by atoms with van der Waals surface area (Å²) < 4.78 is 13.6. The number of hydrogen-bond donors (Lipinski definition) is 0. The number of halogens is 1. The van der Waals surface area contributed by atoms with E-state index in [-0.39, 0.29) is 18.0 Å². The van der Waals surface area contributed by atoms with E-state index in [2.05, 4.69) is 0 Å². The lowest BCUT2D eigenvalue weighted by molar-refractivity contribution is -0.385. The number of carbonyl (C=O) groups is 1. The molecule has 0 radical (unpaired) electrons. The van der Waals surface area contributed by atoms with Gasteiger partial charge in [-0.2, -0.15) is 5.26 Å². The van der Waals surface area contributed by atoms with Crippen molar-refractivity contribution in [2.45, 2.75) is 6.92 Å². The maximum atomic E-state index is 13.6. The molecule has 1 amide bonds. The summed E-state index contributed by atoms with van der Waals surface area (Å²) in [6, 6.07) is 4.81. The summed E-state index contributed by atoms with van der Waals surface area (Å²) in [4.78, 5) is 22.8. The smallest absolute Gasteiger partial charge is 0.272 e. The number of nitrogens with zero attached hydrogens (tertiary/aromatic N) is 3. The molecule has 7 heteroatoms. The normalized spacial score (nSPS) is 11.5. The third kappa shape index (κ3) is 3.48. The molecule has 100 valence electrons. The van der Waals surface area contributed by atoms with Crippen LogP contribution >= 0.6 is 0 Å². The Morgan fingerprint density at radius 3 is 2.74 bits per heavy atom. The number of hydrogen-bond acceptors (Lipinski definition) is 4. The van der Waals surface area contributed by atoms with Gasteiger partial charge in [-0.05, 0) is 13.0 Å². The fourth-order valence-corrected chi connectivity index (χ4v) is 1.53. The molecular formula is C12H12FN3O3. The first-order valence-electron chi connectivity index (χ1n) is 5.45. The Kier molecular flexibility index (Phi) is 4.53. The number of nitriles is 1. The maximum Gasteiger partial charge on any atom is 0.272 e. The second-order valence-electron chi connectivity index (χ2n) is 4.14. The Bertz CT molecular complexity index is 554. The molecule has 1 rings (SSSR count). The third-order valence-electron chi connectivity index (χ3n) is 2.51. The van der Waals surface area contributed by atoms with E-state index in [1.165, 1.54) is 11.9 Å². The number of amides is 1. The predicted octanol–water partition coefficient (Wildman–Crippen LogP) is 1.97. The monoisotopic (exact) mass is 265 g/mol. The van der Waals surface area contributed by atoms with Crippen molar-refractivity contribution < 1.29 is 14.1 Å². The van der Waals surface area contributed by atoms with Gasteiger partial charge >= 0.3 is 0 Å². The second kappa shape index (κ2) is 5.91. The highest BCUT2D eigenvalue weighted by atomic mass is 19.1. The van der Waals surface area contributed by atoms with Gasteiger partial charge in [0, 0.05) is 19.7 Å². The number of benzene rings is 1. The lowest BCUT2D eigenvalue weighted by Gasteiger charge is -2.18. The van der Waals surface area contributed by atoms with Gasteiger partial charge in [0.25, 0.3) is 11.6 Å². The summed E-state index contributed by atoms with van der Waals surface area (Å²) >= 11 is 0. The van der Waals surface area contributed by atoms with Crippen molar-refractivity contribution in [3.63, 3.8) is 0 Å². The Morgan fingerprint density at radius 2 is 2.26 bits per heavy atom. The van der Waals surface area contributed by atoms with Crippen molar-refractivity contribution >= 4 is 11.6 Å². The van der Waals surface area contributed by atoms with E-state index in [9.17, 15) is 19.3 Å². The van der Waals surface area contributed by atoms with Crippen molar-refractivity contribution in [2.24, 2.45) is 5.92 Å². The molecule has 6 nitrogen and oxygen atoms in total. The van der Waals surface area contributed by atoms with Crippen LogP contribution in [0.5, 0.6) is 0 Å². The van der Waals surface area contributed by atoms with Gasteiger partial charge in [0.05, 0.1) is 28.5 Å². The van der Waals surface area contributed by atoms with Crippen molar-refractivity contribution in [3.05, 3.63) is 39.7 Å². The highest BCUT2D eigenvalue weighted by Crippen LogP contribution is 2.18. The summed E-state index contributed by atoms with van der Waals surface area (Å²) in [6.07, 6.45) is 0. The Labute approximate surface area is 109 Å². The van der Waals surface area contributed by atoms with Crippen LogP contribution in [0.4, 0.5) is 10.1 Å². The minimum absolute atomic E-state index is 0.158. The van der Waals surface area contributed by atoms with Crippen LogP contribution in [0.1, 0.15) is 17.3 Å². The first kappa shape index (κ1) is 14.6. The minimum atomic E-state index is -0.948. The van der Waals surface area contributed by atoms with E-state index in [1.807, 2.05) is 6.07 Å². The van der Waals surface area contributed by atoms with Crippen molar-refractivity contribution in [2.75, 3.05) is 13.6 Å². The maximum absolute atomic E-state index is 13.6. The van der Waals surface area contributed by atoms with E-state index < -0.39 is 22.3 Å². The quantitative estimate of drug-likeness (QED) is 0.615. The molecule has 0 aliphatic rings. The standard InChI is InChI=1S/C12H12FN3O3/c1-8(6-14)7-15(2)12(17)10-4-3-9(16(18)19)5-11(10)13/h3-5,8H,7H2,1-2H3. The summed E-state index contributed by atoms with van der Waals surface area (Å²) in [5.74, 6) is -1.94. The Balaban J connectivity index is 2.95. The molecule has 0 heterocycles. The minimum Gasteiger partial charge on any atom is -0.340 e. The predicted molar refractivity (Wildman–Crippen MR) is 64.8 cm³/mol. The molecule has 19 heavy (non-hydrogen) atoms. The van der Waals surface area contributed by atoms with Crippen molar-refractivity contribution in [1.82, 2.24) is 4.90 Å². The van der Waals surface area contributed by atoms with E-state index in [0.717, 1.165) is 12.1 Å². The van der Waals surface area contributed by atoms with Crippen LogP contribution in [0, 0.1) is 33.2 Å². The zero-order chi connectivity index (χ0) is 14.6. The van der Waals surface area contributed by atoms with Crippen LogP contribution < -0.4 is 0 Å². The zero-order valence-corrected chi connectivity index (χ0v) is 10.5. The van der Waals surface area contributed by atoms with Gasteiger partial charge < -0.3 is 4.90 Å². The van der Waals surface area contributed by atoms with Gasteiger partial charge in [0.15, 0.2) is 0 Å². The molecule has 0 N–H and O–H groups in total. The summed E-state index contributed by atoms with van der Waals surface area (Å²) in [6.45, 7) is 1.79. The molecule has 0 spiro atoms. The first-order valence-corrected chi connectivity index (χ1v) is 5.45. The average molecular weight is 265 g/mol. The number of rotatable bonds is 4. The average Bonchev–Trinajstić information content (AvgIpc) is 2.37. The van der Waals surface area contributed by atoms with Crippen LogP contribution in [0.25, 0.3) is 0 Å². The lowest BCUT2D eigenvalue weighted by Crippen LogP contribution is -2.31. The molecule has 1 atom stereocenters. The van der Waals surface area contributed by atoms with E-state index in [1.54, 1.807) is 6.92 Å². The molecule has 1 aromatic rings. The van der Waals surface area contributed by atoms with Crippen LogP contribution in [-0.4, -0.2) is 29.3 Å². The third-order valence-corrected chi connectivity index (χ3v) is 2.51. The number of non-ortho nitro benzene ring substituents is 1. The van der Waals surface area contributed by atoms with Crippen LogP contribution in [0.15, 0.2) is 18.2 Å². The van der Waals surface area contributed by atoms with Gasteiger partial charge in [-0.25, -0.2) is 4.39 Å². The van der Waals surface area contributed by atoms with Gasteiger partial charge in [0.1, 0.15) is 5.82 Å². The van der Waals surface area contributed by atoms with Gasteiger partial charge in [-0.1, -0.05) is 0 Å². The highest BCUT2D eigenvalue weighted by molar-refractivity contribution is 5.94. The van der Waals surface area contributed by atoms with Gasteiger partial charge in [0.2, 0.25) is 0 Å². The summed E-state index contributed by atoms with van der Waals surface area (Å²) in [7, 11) is 1.44. The molecule has 0 saturated carbocycles. The molecule has 0 aliphatic heterocycles. The summed E-state index contributed by atoms with van der Waals surface area (Å²) in [5, 5.41) is 19.1. The second-order valence-corrected chi connectivity index (χ2v) is 4.14. The number of carbonyl (C=O) groups excluding carboxylic acids is 1. The molecule has 0 bridgehead atoms. The zero-order valence-electron chi connectivity index (χ0n) is 10.5. The van der Waals surface area contributed by atoms with E-state index >= 15 is 0 Å². The summed E-state index contributed by atoms with van der Waals surface area (Å²) in [5.41, 5.74) is -0.666. The van der Waals surface area contributed by atoms with Crippen LogP contribution in [-0.2, 0) is 0 Å². The van der Waals surface area contributed by atoms with Crippen molar-refractivity contribution in [1.29, 1.82) is 5.26 Å². The van der Waals surface area contributed by atoms with Crippen LogP contribution in [0.2, 0.25) is 0 Å². The SMILES string of the molecule is CC(C#N)CN(C)C(=O)c1ccc([N+](=O)[O-])cc1F. The molecule has 0 saturated heterocycles. The molecular weight excluding hydrogens is 253 g/mol. The number of nitro groups is 1.